The van der Waals surface area contributed by atoms with Gasteiger partial charge in [-0.3, -0.25) is 4.79 Å². The zero-order valence-corrected chi connectivity index (χ0v) is 16.9. The van der Waals surface area contributed by atoms with Crippen LogP contribution in [0.15, 0.2) is 67.3 Å². The van der Waals surface area contributed by atoms with Gasteiger partial charge in [-0.2, -0.15) is 0 Å². The molecule has 2 aromatic heterocycles. The first-order valence-corrected chi connectivity index (χ1v) is 9.99. The van der Waals surface area contributed by atoms with E-state index in [4.69, 9.17) is 0 Å². The zero-order valence-electron chi connectivity index (χ0n) is 16.9. The van der Waals surface area contributed by atoms with Gasteiger partial charge in [0.1, 0.15) is 11.7 Å². The number of aryl methyl sites for hydroxylation is 2. The smallest absolute Gasteiger partial charge is 0.251 e. The van der Waals surface area contributed by atoms with Crippen molar-refractivity contribution in [3.8, 4) is 16.9 Å². The summed E-state index contributed by atoms with van der Waals surface area (Å²) in [6.45, 7) is 1.97. The van der Waals surface area contributed by atoms with E-state index in [0.29, 0.717) is 6.42 Å². The summed E-state index contributed by atoms with van der Waals surface area (Å²) in [6, 6.07) is 15.8. The van der Waals surface area contributed by atoms with Crippen LogP contribution in [0.4, 0.5) is 5.69 Å². The Kier molecular flexibility index (Phi) is 4.43. The molecule has 2 aromatic carbocycles. The number of hydrogen-bond acceptors (Lipinski definition) is 4. The van der Waals surface area contributed by atoms with Gasteiger partial charge in [-0.25, -0.2) is 9.67 Å². The van der Waals surface area contributed by atoms with E-state index in [0.717, 1.165) is 34.7 Å². The van der Waals surface area contributed by atoms with E-state index in [2.05, 4.69) is 21.4 Å². The SMILES string of the molecule is Cc1cn(-c2ccc(-c3cn(C4CCc5ccccc5N(C)C4=O)nn3)cc2)cn1. The summed E-state index contributed by atoms with van der Waals surface area (Å²) in [4.78, 5) is 19.1. The molecule has 0 fully saturated rings. The highest BCUT2D eigenvalue weighted by Gasteiger charge is 2.30. The van der Waals surface area contributed by atoms with Crippen LogP contribution in [-0.2, 0) is 11.2 Å². The number of para-hydroxylation sites is 1. The van der Waals surface area contributed by atoms with Crippen LogP contribution in [0.5, 0.6) is 0 Å². The van der Waals surface area contributed by atoms with Crippen LogP contribution in [0.2, 0.25) is 0 Å². The molecular formula is C23H22N6O. The van der Waals surface area contributed by atoms with Crippen LogP contribution in [0.25, 0.3) is 16.9 Å². The average molecular weight is 398 g/mol. The predicted octanol–water partition coefficient (Wildman–Crippen LogP) is 3.59. The topological polar surface area (TPSA) is 68.8 Å². The Morgan fingerprint density at radius 2 is 1.83 bits per heavy atom. The first-order valence-electron chi connectivity index (χ1n) is 9.99. The number of aromatic nitrogens is 5. The van der Waals surface area contributed by atoms with Crippen molar-refractivity contribution in [2.75, 3.05) is 11.9 Å². The first kappa shape index (κ1) is 18.3. The van der Waals surface area contributed by atoms with E-state index in [-0.39, 0.29) is 11.9 Å². The molecule has 7 heteroatoms. The van der Waals surface area contributed by atoms with Gasteiger partial charge in [0.25, 0.3) is 5.91 Å². The highest BCUT2D eigenvalue weighted by molar-refractivity contribution is 5.97. The van der Waals surface area contributed by atoms with Crippen LogP contribution < -0.4 is 4.90 Å². The molecule has 1 aliphatic heterocycles. The van der Waals surface area contributed by atoms with Crippen molar-refractivity contribution in [2.45, 2.75) is 25.8 Å². The Bertz CT molecular complexity index is 1210. The van der Waals surface area contributed by atoms with Crippen molar-refractivity contribution in [1.29, 1.82) is 0 Å². The first-order chi connectivity index (χ1) is 14.6. The maximum Gasteiger partial charge on any atom is 0.251 e. The summed E-state index contributed by atoms with van der Waals surface area (Å²) in [5.41, 5.74) is 5.87. The molecule has 30 heavy (non-hydrogen) atoms. The molecule has 1 amide bonds. The van der Waals surface area contributed by atoms with Gasteiger partial charge in [-0.1, -0.05) is 35.5 Å². The van der Waals surface area contributed by atoms with Crippen LogP contribution in [-0.4, -0.2) is 37.5 Å². The standard InChI is InChI=1S/C23H22N6O/c1-16-13-28(15-24-16)19-10-7-17(8-11-19)20-14-29(26-25-20)22-12-9-18-5-3-4-6-21(18)27(2)23(22)30/h3-8,10-11,13-15,22H,9,12H2,1-2H3. The molecule has 4 aromatic rings. The van der Waals surface area contributed by atoms with Crippen molar-refractivity contribution in [2.24, 2.45) is 0 Å². The molecule has 5 rings (SSSR count). The molecule has 1 aliphatic rings. The van der Waals surface area contributed by atoms with E-state index < -0.39 is 0 Å². The minimum absolute atomic E-state index is 0.0298. The molecule has 0 spiro atoms. The summed E-state index contributed by atoms with van der Waals surface area (Å²) in [5.74, 6) is 0.0298. The second kappa shape index (κ2) is 7.26. The number of carbonyl (C=O) groups is 1. The molecule has 0 bridgehead atoms. The Morgan fingerprint density at radius 3 is 2.60 bits per heavy atom. The van der Waals surface area contributed by atoms with E-state index in [1.807, 2.05) is 73.4 Å². The third-order valence-corrected chi connectivity index (χ3v) is 5.66. The lowest BCUT2D eigenvalue weighted by Crippen LogP contribution is -2.33. The second-order valence-corrected chi connectivity index (χ2v) is 7.63. The van der Waals surface area contributed by atoms with Gasteiger partial charge in [-0.15, -0.1) is 5.10 Å². The average Bonchev–Trinajstić information content (AvgIpc) is 3.41. The van der Waals surface area contributed by atoms with E-state index in [9.17, 15) is 4.79 Å². The minimum Gasteiger partial charge on any atom is -0.313 e. The van der Waals surface area contributed by atoms with Gasteiger partial charge in [-0.05, 0) is 43.5 Å². The van der Waals surface area contributed by atoms with Crippen LogP contribution >= 0.6 is 0 Å². The van der Waals surface area contributed by atoms with Crippen LogP contribution in [0.1, 0.15) is 23.7 Å². The van der Waals surface area contributed by atoms with Gasteiger partial charge >= 0.3 is 0 Å². The number of imidazole rings is 1. The fourth-order valence-corrected chi connectivity index (χ4v) is 3.98. The summed E-state index contributed by atoms with van der Waals surface area (Å²) >= 11 is 0. The number of rotatable bonds is 3. The fourth-order valence-electron chi connectivity index (χ4n) is 3.98. The normalized spacial score (nSPS) is 16.4. The summed E-state index contributed by atoms with van der Waals surface area (Å²) in [7, 11) is 1.83. The Hall–Kier alpha value is -3.74. The quantitative estimate of drug-likeness (QED) is 0.529. The van der Waals surface area contributed by atoms with Gasteiger partial charge in [0.15, 0.2) is 0 Å². The van der Waals surface area contributed by atoms with E-state index in [1.165, 1.54) is 5.56 Å². The number of nitrogens with zero attached hydrogens (tertiary/aromatic N) is 6. The van der Waals surface area contributed by atoms with E-state index in [1.54, 1.807) is 15.9 Å². The molecule has 1 unspecified atom stereocenters. The lowest BCUT2D eigenvalue weighted by Gasteiger charge is -2.21. The molecule has 0 saturated heterocycles. The van der Waals surface area contributed by atoms with Crippen LogP contribution in [0, 0.1) is 6.92 Å². The second-order valence-electron chi connectivity index (χ2n) is 7.63. The van der Waals surface area contributed by atoms with Crippen molar-refractivity contribution in [1.82, 2.24) is 24.5 Å². The Morgan fingerprint density at radius 1 is 1.03 bits per heavy atom. The number of benzene rings is 2. The van der Waals surface area contributed by atoms with Crippen molar-refractivity contribution < 1.29 is 4.79 Å². The molecule has 0 aliphatic carbocycles. The van der Waals surface area contributed by atoms with Gasteiger partial charge < -0.3 is 9.47 Å². The molecular weight excluding hydrogens is 376 g/mol. The fraction of sp³-hybridized carbons (Fsp3) is 0.217. The van der Waals surface area contributed by atoms with Crippen molar-refractivity contribution >= 4 is 11.6 Å². The summed E-state index contributed by atoms with van der Waals surface area (Å²) in [6.07, 6.45) is 7.17. The van der Waals surface area contributed by atoms with Crippen molar-refractivity contribution in [3.63, 3.8) is 0 Å². The highest BCUT2D eigenvalue weighted by Crippen LogP contribution is 2.30. The molecule has 7 nitrogen and oxygen atoms in total. The maximum absolute atomic E-state index is 13.1. The van der Waals surface area contributed by atoms with E-state index >= 15 is 0 Å². The van der Waals surface area contributed by atoms with Crippen LogP contribution in [0.3, 0.4) is 0 Å². The molecule has 0 N–H and O–H groups in total. The molecule has 0 radical (unpaired) electrons. The van der Waals surface area contributed by atoms with Gasteiger partial charge in [0.05, 0.1) is 18.2 Å². The molecule has 150 valence electrons. The lowest BCUT2D eigenvalue weighted by molar-refractivity contribution is -0.121. The lowest BCUT2D eigenvalue weighted by atomic mass is 10.1. The third-order valence-electron chi connectivity index (χ3n) is 5.66. The predicted molar refractivity (Wildman–Crippen MR) is 115 cm³/mol. The molecule has 0 saturated carbocycles. The third kappa shape index (κ3) is 3.18. The zero-order chi connectivity index (χ0) is 20.7. The minimum atomic E-state index is -0.364. The number of anilines is 1. The number of amides is 1. The Labute approximate surface area is 174 Å². The number of fused-ring (bicyclic) bond motifs is 1. The Balaban J connectivity index is 1.40. The highest BCUT2D eigenvalue weighted by atomic mass is 16.2. The largest absolute Gasteiger partial charge is 0.313 e. The molecule has 3 heterocycles. The number of hydrogen-bond donors (Lipinski definition) is 0. The summed E-state index contributed by atoms with van der Waals surface area (Å²) < 4.78 is 3.68. The maximum atomic E-state index is 13.1. The van der Waals surface area contributed by atoms with Gasteiger partial charge in [0.2, 0.25) is 0 Å². The number of likely N-dealkylation sites (N-methyl/N-ethyl adjacent to an activating group) is 1. The van der Waals surface area contributed by atoms with Crippen molar-refractivity contribution in [3.05, 3.63) is 78.5 Å². The monoisotopic (exact) mass is 398 g/mol. The number of carbonyl (C=O) groups excluding carboxylic acids is 1. The van der Waals surface area contributed by atoms with Gasteiger partial charge in [0, 0.05) is 30.2 Å². The summed E-state index contributed by atoms with van der Waals surface area (Å²) in [5, 5.41) is 8.62. The molecule has 1 atom stereocenters.